The average molecular weight is 263 g/mol. The number of thiophene rings is 1. The molecule has 1 atom stereocenters. The lowest BCUT2D eigenvalue weighted by Gasteiger charge is -2.23. The zero-order valence-electron chi connectivity index (χ0n) is 10.3. The molecule has 4 nitrogen and oxygen atoms in total. The molecule has 5 heteroatoms. The third-order valence-electron chi connectivity index (χ3n) is 3.33. The second-order valence-electron chi connectivity index (χ2n) is 4.60. The highest BCUT2D eigenvalue weighted by molar-refractivity contribution is 7.17. The first-order valence-electron chi connectivity index (χ1n) is 6.48. The SMILES string of the molecule is c1nc(OCCC2CCCCN2)c2sccc2n1. The van der Waals surface area contributed by atoms with E-state index in [0.717, 1.165) is 35.7 Å². The summed E-state index contributed by atoms with van der Waals surface area (Å²) in [6.45, 7) is 1.87. The van der Waals surface area contributed by atoms with Gasteiger partial charge in [0.15, 0.2) is 0 Å². The lowest BCUT2D eigenvalue weighted by molar-refractivity contribution is 0.263. The number of aromatic nitrogens is 2. The van der Waals surface area contributed by atoms with Crippen molar-refractivity contribution in [2.75, 3.05) is 13.2 Å². The van der Waals surface area contributed by atoms with E-state index in [1.165, 1.54) is 19.3 Å². The van der Waals surface area contributed by atoms with Crippen LogP contribution in [0.5, 0.6) is 5.88 Å². The molecule has 2 aromatic rings. The van der Waals surface area contributed by atoms with Gasteiger partial charge in [0.05, 0.1) is 12.1 Å². The van der Waals surface area contributed by atoms with Gasteiger partial charge in [0.25, 0.3) is 0 Å². The van der Waals surface area contributed by atoms with E-state index in [0.29, 0.717) is 6.04 Å². The molecule has 1 aliphatic heterocycles. The van der Waals surface area contributed by atoms with Crippen LogP contribution < -0.4 is 10.1 Å². The molecule has 1 unspecified atom stereocenters. The second-order valence-corrected chi connectivity index (χ2v) is 5.51. The van der Waals surface area contributed by atoms with Crippen molar-refractivity contribution in [3.05, 3.63) is 17.8 Å². The van der Waals surface area contributed by atoms with Crippen molar-refractivity contribution in [3.8, 4) is 5.88 Å². The number of nitrogens with one attached hydrogen (secondary N) is 1. The van der Waals surface area contributed by atoms with Gasteiger partial charge in [0.1, 0.15) is 11.0 Å². The van der Waals surface area contributed by atoms with E-state index in [9.17, 15) is 0 Å². The highest BCUT2D eigenvalue weighted by Crippen LogP contribution is 2.26. The van der Waals surface area contributed by atoms with E-state index >= 15 is 0 Å². The van der Waals surface area contributed by atoms with Gasteiger partial charge >= 0.3 is 0 Å². The molecule has 18 heavy (non-hydrogen) atoms. The topological polar surface area (TPSA) is 47.0 Å². The van der Waals surface area contributed by atoms with Crippen molar-refractivity contribution in [1.82, 2.24) is 15.3 Å². The molecule has 1 aliphatic rings. The van der Waals surface area contributed by atoms with Crippen LogP contribution in [0.15, 0.2) is 17.8 Å². The number of fused-ring (bicyclic) bond motifs is 1. The predicted molar refractivity (Wildman–Crippen MR) is 73.2 cm³/mol. The third-order valence-corrected chi connectivity index (χ3v) is 4.22. The van der Waals surface area contributed by atoms with Gasteiger partial charge in [-0.15, -0.1) is 11.3 Å². The van der Waals surface area contributed by atoms with Gasteiger partial charge < -0.3 is 10.1 Å². The molecule has 1 N–H and O–H groups in total. The van der Waals surface area contributed by atoms with Crippen molar-refractivity contribution >= 4 is 21.6 Å². The lowest BCUT2D eigenvalue weighted by atomic mass is 10.0. The van der Waals surface area contributed by atoms with E-state index in [1.807, 2.05) is 11.4 Å². The fourth-order valence-electron chi connectivity index (χ4n) is 2.34. The number of piperidine rings is 1. The van der Waals surface area contributed by atoms with Gasteiger partial charge in [-0.2, -0.15) is 0 Å². The number of rotatable bonds is 4. The van der Waals surface area contributed by atoms with Crippen LogP contribution in [0.4, 0.5) is 0 Å². The molecule has 1 saturated heterocycles. The van der Waals surface area contributed by atoms with E-state index in [4.69, 9.17) is 4.74 Å². The molecule has 0 bridgehead atoms. The Kier molecular flexibility index (Phi) is 3.71. The Morgan fingerprint density at radius 2 is 2.39 bits per heavy atom. The molecular formula is C13H17N3OS. The van der Waals surface area contributed by atoms with Crippen molar-refractivity contribution in [2.45, 2.75) is 31.7 Å². The zero-order chi connectivity index (χ0) is 12.2. The maximum Gasteiger partial charge on any atom is 0.234 e. The molecule has 0 spiro atoms. The fourth-order valence-corrected chi connectivity index (χ4v) is 3.12. The zero-order valence-corrected chi connectivity index (χ0v) is 11.1. The van der Waals surface area contributed by atoms with Gasteiger partial charge in [0.2, 0.25) is 5.88 Å². The van der Waals surface area contributed by atoms with Crippen LogP contribution in [-0.2, 0) is 0 Å². The highest BCUT2D eigenvalue weighted by atomic mass is 32.1. The standard InChI is InChI=1S/C13H17N3OS/c1-2-6-14-10(3-1)4-7-17-13-12-11(5-8-18-12)15-9-16-13/h5,8-10,14H,1-4,6-7H2. The minimum atomic E-state index is 0.611. The Hall–Kier alpha value is -1.20. The van der Waals surface area contributed by atoms with Crippen molar-refractivity contribution in [3.63, 3.8) is 0 Å². The molecule has 0 radical (unpaired) electrons. The number of hydrogen-bond donors (Lipinski definition) is 1. The molecule has 96 valence electrons. The van der Waals surface area contributed by atoms with E-state index in [2.05, 4.69) is 15.3 Å². The summed E-state index contributed by atoms with van der Waals surface area (Å²) in [6, 6.07) is 2.61. The van der Waals surface area contributed by atoms with Crippen molar-refractivity contribution in [2.24, 2.45) is 0 Å². The van der Waals surface area contributed by atoms with Crippen LogP contribution in [0.3, 0.4) is 0 Å². The minimum Gasteiger partial charge on any atom is -0.477 e. The first-order valence-corrected chi connectivity index (χ1v) is 7.36. The van der Waals surface area contributed by atoms with Gasteiger partial charge in [-0.3, -0.25) is 0 Å². The smallest absolute Gasteiger partial charge is 0.234 e. The van der Waals surface area contributed by atoms with Crippen LogP contribution >= 0.6 is 11.3 Å². The Bertz CT molecular complexity index is 508. The fraction of sp³-hybridized carbons (Fsp3) is 0.538. The number of nitrogens with zero attached hydrogens (tertiary/aromatic N) is 2. The molecular weight excluding hydrogens is 246 g/mol. The summed E-state index contributed by atoms with van der Waals surface area (Å²) in [6.07, 6.45) is 6.53. The monoisotopic (exact) mass is 263 g/mol. The molecule has 2 aromatic heterocycles. The van der Waals surface area contributed by atoms with Crippen molar-refractivity contribution < 1.29 is 4.74 Å². The first-order chi connectivity index (χ1) is 8.93. The molecule has 0 aliphatic carbocycles. The van der Waals surface area contributed by atoms with Crippen LogP contribution in [0.1, 0.15) is 25.7 Å². The van der Waals surface area contributed by atoms with E-state index in [1.54, 1.807) is 17.7 Å². The summed E-state index contributed by atoms with van der Waals surface area (Å²) in [7, 11) is 0. The second kappa shape index (κ2) is 5.63. The van der Waals surface area contributed by atoms with Gasteiger partial charge in [-0.05, 0) is 37.3 Å². The summed E-state index contributed by atoms with van der Waals surface area (Å²) < 4.78 is 6.85. The Morgan fingerprint density at radius 1 is 1.39 bits per heavy atom. The summed E-state index contributed by atoms with van der Waals surface area (Å²) in [4.78, 5) is 8.43. The molecule has 0 amide bonds. The Balaban J connectivity index is 1.57. The minimum absolute atomic E-state index is 0.611. The van der Waals surface area contributed by atoms with Gasteiger partial charge in [-0.1, -0.05) is 6.42 Å². The van der Waals surface area contributed by atoms with Gasteiger partial charge in [-0.25, -0.2) is 9.97 Å². The lowest BCUT2D eigenvalue weighted by Crippen LogP contribution is -2.35. The molecule has 0 saturated carbocycles. The average Bonchev–Trinajstić information content (AvgIpc) is 2.89. The maximum absolute atomic E-state index is 5.80. The van der Waals surface area contributed by atoms with Crippen molar-refractivity contribution in [1.29, 1.82) is 0 Å². The van der Waals surface area contributed by atoms with Gasteiger partial charge in [0, 0.05) is 6.04 Å². The Labute approximate surface area is 110 Å². The summed E-state index contributed by atoms with van der Waals surface area (Å²) in [5.74, 6) is 0.728. The normalized spacial score (nSPS) is 20.1. The largest absolute Gasteiger partial charge is 0.477 e. The number of ether oxygens (including phenoxy) is 1. The highest BCUT2D eigenvalue weighted by Gasteiger charge is 2.13. The van der Waals surface area contributed by atoms with E-state index in [-0.39, 0.29) is 0 Å². The summed E-state index contributed by atoms with van der Waals surface area (Å²) in [5.41, 5.74) is 0.973. The first kappa shape index (κ1) is 11.9. The van der Waals surface area contributed by atoms with Crippen LogP contribution in [0, 0.1) is 0 Å². The molecule has 3 heterocycles. The molecule has 1 fully saturated rings. The number of hydrogen-bond acceptors (Lipinski definition) is 5. The Morgan fingerprint density at radius 3 is 3.28 bits per heavy atom. The maximum atomic E-state index is 5.80. The summed E-state index contributed by atoms with van der Waals surface area (Å²) >= 11 is 1.63. The van der Waals surface area contributed by atoms with Crippen LogP contribution in [0.25, 0.3) is 10.2 Å². The van der Waals surface area contributed by atoms with Crippen LogP contribution in [0.2, 0.25) is 0 Å². The molecule has 0 aromatic carbocycles. The summed E-state index contributed by atoms with van der Waals surface area (Å²) in [5, 5.41) is 5.55. The predicted octanol–water partition coefficient (Wildman–Crippen LogP) is 2.60. The van der Waals surface area contributed by atoms with E-state index < -0.39 is 0 Å². The molecule has 3 rings (SSSR count). The van der Waals surface area contributed by atoms with Crippen LogP contribution in [-0.4, -0.2) is 29.2 Å². The quantitative estimate of drug-likeness (QED) is 0.921. The third kappa shape index (κ3) is 2.62.